The van der Waals surface area contributed by atoms with Crippen LogP contribution in [0.25, 0.3) is 11.0 Å². The van der Waals surface area contributed by atoms with E-state index in [-0.39, 0.29) is 17.7 Å². The minimum absolute atomic E-state index is 0.111. The van der Waals surface area contributed by atoms with Crippen LogP contribution in [0.15, 0.2) is 24.3 Å². The Morgan fingerprint density at radius 3 is 2.74 bits per heavy atom. The maximum atomic E-state index is 12.8. The molecule has 1 aromatic carbocycles. The number of aromatic nitrogens is 3. The molecular weight excluding hydrogens is 292 g/mol. The van der Waals surface area contributed by atoms with Crippen LogP contribution in [0.3, 0.4) is 0 Å². The lowest BCUT2D eigenvalue weighted by atomic mass is 9.94. The highest BCUT2D eigenvalue weighted by molar-refractivity contribution is 5.94. The van der Waals surface area contributed by atoms with Gasteiger partial charge in [0.1, 0.15) is 5.52 Å². The first-order valence-corrected chi connectivity index (χ1v) is 8.38. The Bertz CT molecular complexity index is 748. The predicted molar refractivity (Wildman–Crippen MR) is 84.8 cm³/mol. The molecule has 2 aliphatic rings. The van der Waals surface area contributed by atoms with Crippen LogP contribution in [0.4, 0.5) is 0 Å². The Balaban J connectivity index is 1.54. The van der Waals surface area contributed by atoms with Gasteiger partial charge in [-0.15, -0.1) is 5.10 Å². The minimum atomic E-state index is -0.311. The molecule has 2 heterocycles. The van der Waals surface area contributed by atoms with Crippen LogP contribution in [0, 0.1) is 5.92 Å². The summed E-state index contributed by atoms with van der Waals surface area (Å²) >= 11 is 0. The number of hydrogen-bond acceptors (Lipinski definition) is 4. The molecule has 2 aromatic rings. The number of nitrogens with zero attached hydrogens (tertiary/aromatic N) is 4. The number of benzene rings is 1. The molecule has 1 saturated heterocycles. The fraction of sp³-hybridized carbons (Fsp3) is 0.529. The molecule has 2 fully saturated rings. The molecule has 120 valence electrons. The van der Waals surface area contributed by atoms with Crippen molar-refractivity contribution in [3.8, 4) is 0 Å². The number of carbonyl (C=O) groups excluding carboxylic acids is 2. The standard InChI is InChI=1S/C17H20N4O2/c22-16-10-12(11-20(16)13-6-2-1-3-7-13)17(23)21-15-9-5-4-8-14(15)18-19-21/h4-5,8-9,12-13H,1-3,6-7,10-11H2. The van der Waals surface area contributed by atoms with Crippen molar-refractivity contribution >= 4 is 22.8 Å². The summed E-state index contributed by atoms with van der Waals surface area (Å²) in [6.07, 6.45) is 6.05. The van der Waals surface area contributed by atoms with E-state index in [1.807, 2.05) is 29.2 Å². The third kappa shape index (κ3) is 2.52. The van der Waals surface area contributed by atoms with Gasteiger partial charge in [0.15, 0.2) is 0 Å². The molecule has 1 aliphatic heterocycles. The average molecular weight is 312 g/mol. The SMILES string of the molecule is O=C1CC(C(=O)n2nnc3ccccc32)CN1C1CCCCC1. The van der Waals surface area contributed by atoms with Crippen LogP contribution in [0.2, 0.25) is 0 Å². The van der Waals surface area contributed by atoms with Crippen molar-refractivity contribution in [3.05, 3.63) is 24.3 Å². The number of amides is 1. The molecule has 23 heavy (non-hydrogen) atoms. The summed E-state index contributed by atoms with van der Waals surface area (Å²) in [6, 6.07) is 7.73. The number of para-hydroxylation sites is 1. The van der Waals surface area contributed by atoms with Gasteiger partial charge in [0, 0.05) is 19.0 Å². The molecule has 0 bridgehead atoms. The van der Waals surface area contributed by atoms with Crippen molar-refractivity contribution in [1.82, 2.24) is 19.9 Å². The van der Waals surface area contributed by atoms with Crippen molar-refractivity contribution in [3.63, 3.8) is 0 Å². The van der Waals surface area contributed by atoms with E-state index in [4.69, 9.17) is 0 Å². The molecule has 0 spiro atoms. The number of rotatable bonds is 2. The highest BCUT2D eigenvalue weighted by Crippen LogP contribution is 2.29. The summed E-state index contributed by atoms with van der Waals surface area (Å²) in [5.74, 6) is -0.320. The molecule has 1 aromatic heterocycles. The summed E-state index contributed by atoms with van der Waals surface area (Å²) in [6.45, 7) is 0.524. The first-order valence-electron chi connectivity index (χ1n) is 8.38. The fourth-order valence-electron chi connectivity index (χ4n) is 3.85. The summed E-state index contributed by atoms with van der Waals surface area (Å²) < 4.78 is 1.36. The Kier molecular flexibility index (Phi) is 3.59. The van der Waals surface area contributed by atoms with Gasteiger partial charge in [0.05, 0.1) is 11.4 Å². The van der Waals surface area contributed by atoms with E-state index in [0.29, 0.717) is 30.0 Å². The molecule has 6 heteroatoms. The van der Waals surface area contributed by atoms with E-state index < -0.39 is 0 Å². The van der Waals surface area contributed by atoms with E-state index in [1.165, 1.54) is 23.9 Å². The van der Waals surface area contributed by atoms with E-state index >= 15 is 0 Å². The Morgan fingerprint density at radius 1 is 1.13 bits per heavy atom. The number of likely N-dealkylation sites (tertiary alicyclic amines) is 1. The Labute approximate surface area is 134 Å². The monoisotopic (exact) mass is 312 g/mol. The van der Waals surface area contributed by atoms with Crippen molar-refractivity contribution < 1.29 is 9.59 Å². The largest absolute Gasteiger partial charge is 0.339 e. The second-order valence-electron chi connectivity index (χ2n) is 6.57. The summed E-state index contributed by atoms with van der Waals surface area (Å²) in [5, 5.41) is 8.02. The van der Waals surface area contributed by atoms with Crippen LogP contribution in [-0.2, 0) is 4.79 Å². The molecule has 1 unspecified atom stereocenters. The maximum Gasteiger partial charge on any atom is 0.254 e. The van der Waals surface area contributed by atoms with Crippen molar-refractivity contribution in [1.29, 1.82) is 0 Å². The summed E-state index contributed by atoms with van der Waals surface area (Å²) in [4.78, 5) is 27.1. The van der Waals surface area contributed by atoms with Gasteiger partial charge in [-0.25, -0.2) is 0 Å². The summed E-state index contributed by atoms with van der Waals surface area (Å²) in [7, 11) is 0. The van der Waals surface area contributed by atoms with Crippen LogP contribution in [-0.4, -0.2) is 44.3 Å². The molecule has 0 radical (unpaired) electrons. The van der Waals surface area contributed by atoms with Gasteiger partial charge >= 0.3 is 0 Å². The zero-order valence-corrected chi connectivity index (χ0v) is 13.0. The van der Waals surface area contributed by atoms with E-state index in [0.717, 1.165) is 12.8 Å². The second-order valence-corrected chi connectivity index (χ2v) is 6.57. The van der Waals surface area contributed by atoms with Gasteiger partial charge in [-0.3, -0.25) is 9.59 Å². The number of carbonyl (C=O) groups is 2. The zero-order chi connectivity index (χ0) is 15.8. The average Bonchev–Trinajstić information content (AvgIpc) is 3.19. The van der Waals surface area contributed by atoms with Crippen molar-refractivity contribution in [2.45, 2.75) is 44.6 Å². The lowest BCUT2D eigenvalue weighted by molar-refractivity contribution is -0.130. The Morgan fingerprint density at radius 2 is 1.91 bits per heavy atom. The van der Waals surface area contributed by atoms with Gasteiger partial charge in [-0.1, -0.05) is 36.6 Å². The van der Waals surface area contributed by atoms with Gasteiger partial charge in [-0.05, 0) is 25.0 Å². The number of hydrogen-bond donors (Lipinski definition) is 0. The zero-order valence-electron chi connectivity index (χ0n) is 13.0. The first-order chi connectivity index (χ1) is 11.2. The molecule has 4 rings (SSSR count). The van der Waals surface area contributed by atoms with Crippen LogP contribution >= 0.6 is 0 Å². The van der Waals surface area contributed by atoms with Crippen LogP contribution in [0.1, 0.15) is 43.3 Å². The van der Waals surface area contributed by atoms with Crippen molar-refractivity contribution in [2.24, 2.45) is 5.92 Å². The van der Waals surface area contributed by atoms with Crippen LogP contribution < -0.4 is 0 Å². The highest BCUT2D eigenvalue weighted by atomic mass is 16.2. The maximum absolute atomic E-state index is 12.8. The highest BCUT2D eigenvalue weighted by Gasteiger charge is 2.39. The first kappa shape index (κ1) is 14.4. The quantitative estimate of drug-likeness (QED) is 0.853. The van der Waals surface area contributed by atoms with E-state index in [1.54, 1.807) is 0 Å². The molecule has 1 saturated carbocycles. The number of fused-ring (bicyclic) bond motifs is 1. The molecule has 1 amide bonds. The van der Waals surface area contributed by atoms with Gasteiger partial charge < -0.3 is 4.90 Å². The third-order valence-corrected chi connectivity index (χ3v) is 5.08. The van der Waals surface area contributed by atoms with Gasteiger partial charge in [-0.2, -0.15) is 4.68 Å². The molecule has 6 nitrogen and oxygen atoms in total. The topological polar surface area (TPSA) is 68.1 Å². The minimum Gasteiger partial charge on any atom is -0.339 e. The molecule has 1 aliphatic carbocycles. The third-order valence-electron chi connectivity index (χ3n) is 5.08. The molecule has 0 N–H and O–H groups in total. The lowest BCUT2D eigenvalue weighted by Crippen LogP contribution is -2.38. The smallest absolute Gasteiger partial charge is 0.254 e. The van der Waals surface area contributed by atoms with E-state index in [9.17, 15) is 9.59 Å². The lowest BCUT2D eigenvalue weighted by Gasteiger charge is -2.31. The van der Waals surface area contributed by atoms with E-state index in [2.05, 4.69) is 10.3 Å². The summed E-state index contributed by atoms with van der Waals surface area (Å²) in [5.41, 5.74) is 1.41. The second kappa shape index (κ2) is 5.76. The van der Waals surface area contributed by atoms with Crippen molar-refractivity contribution in [2.75, 3.05) is 6.54 Å². The Hall–Kier alpha value is -2.24. The molecular formula is C17H20N4O2. The predicted octanol–water partition coefficient (Wildman–Crippen LogP) is 2.25. The van der Waals surface area contributed by atoms with Crippen LogP contribution in [0.5, 0.6) is 0 Å². The normalized spacial score (nSPS) is 22.9. The van der Waals surface area contributed by atoms with Gasteiger partial charge in [0.2, 0.25) is 5.91 Å². The molecule has 1 atom stereocenters. The fourth-order valence-corrected chi connectivity index (χ4v) is 3.85. The van der Waals surface area contributed by atoms with Gasteiger partial charge in [0.25, 0.3) is 5.91 Å².